The summed E-state index contributed by atoms with van der Waals surface area (Å²) in [6, 6.07) is 18.7. The first-order valence-electron chi connectivity index (χ1n) is 13.0. The van der Waals surface area contributed by atoms with Gasteiger partial charge in [-0.1, -0.05) is 55.3 Å². The third kappa shape index (κ3) is 5.49. The van der Waals surface area contributed by atoms with Crippen molar-refractivity contribution in [3.63, 3.8) is 0 Å². The number of aromatic nitrogens is 2. The molecule has 1 unspecified atom stereocenters. The van der Waals surface area contributed by atoms with Crippen LogP contribution in [0.3, 0.4) is 0 Å². The molecule has 1 atom stereocenters. The number of fused-ring (bicyclic) bond motifs is 1. The minimum atomic E-state index is -0.933. The Kier molecular flexibility index (Phi) is 8.26. The zero-order valence-corrected chi connectivity index (χ0v) is 22.9. The van der Waals surface area contributed by atoms with Gasteiger partial charge in [0.1, 0.15) is 24.1 Å². The van der Waals surface area contributed by atoms with Crippen LogP contribution in [0.1, 0.15) is 63.3 Å². The van der Waals surface area contributed by atoms with Crippen LogP contribution in [0.4, 0.5) is 0 Å². The summed E-state index contributed by atoms with van der Waals surface area (Å²) in [5, 5.41) is 0.0948. The van der Waals surface area contributed by atoms with Crippen molar-refractivity contribution in [2.75, 3.05) is 13.7 Å². The van der Waals surface area contributed by atoms with Crippen LogP contribution in [-0.2, 0) is 6.61 Å². The van der Waals surface area contributed by atoms with E-state index in [1.54, 1.807) is 49.6 Å². The van der Waals surface area contributed by atoms with Gasteiger partial charge >= 0.3 is 0 Å². The molecule has 0 bridgehead atoms. The van der Waals surface area contributed by atoms with Gasteiger partial charge in [0.25, 0.3) is 11.8 Å². The molecule has 0 saturated carbocycles. The second kappa shape index (κ2) is 12.2. The van der Waals surface area contributed by atoms with Gasteiger partial charge in [0.15, 0.2) is 16.7 Å². The lowest BCUT2D eigenvalue weighted by Gasteiger charge is -2.27. The van der Waals surface area contributed by atoms with E-state index in [0.717, 1.165) is 24.2 Å². The van der Waals surface area contributed by atoms with Crippen LogP contribution in [-0.4, -0.2) is 40.4 Å². The van der Waals surface area contributed by atoms with E-state index in [9.17, 15) is 9.59 Å². The highest BCUT2D eigenvalue weighted by atomic mass is 35.5. The molecule has 9 heteroatoms. The van der Waals surface area contributed by atoms with Crippen LogP contribution in [0.25, 0.3) is 0 Å². The predicted molar refractivity (Wildman–Crippen MR) is 150 cm³/mol. The van der Waals surface area contributed by atoms with Crippen LogP contribution < -0.4 is 14.2 Å². The molecular formula is C31H28ClN3O5. The maximum absolute atomic E-state index is 13.5. The summed E-state index contributed by atoms with van der Waals surface area (Å²) in [4.78, 5) is 36.8. The number of hydrogen-bond acceptors (Lipinski definition) is 7. The minimum absolute atomic E-state index is 0.0948. The summed E-state index contributed by atoms with van der Waals surface area (Å²) in [5.74, 6) is 0.919. The molecule has 2 amide bonds. The third-order valence-electron chi connectivity index (χ3n) is 6.61. The molecule has 0 aliphatic carbocycles. The van der Waals surface area contributed by atoms with Crippen LogP contribution in [0.2, 0.25) is 5.15 Å². The SMILES string of the molecule is CCCCOc1cc(C(c2nccnc2Cl)N2C(=O)c3ccccc3C2=O)ccc1OCc1ccc(OC)cc1. The van der Waals surface area contributed by atoms with E-state index in [2.05, 4.69) is 16.9 Å². The molecule has 0 saturated heterocycles. The fourth-order valence-corrected chi connectivity index (χ4v) is 4.73. The number of carbonyl (C=O) groups excluding carboxylic acids is 2. The molecule has 0 radical (unpaired) electrons. The Hall–Kier alpha value is -4.43. The molecule has 204 valence electrons. The molecule has 1 aromatic heterocycles. The number of amides is 2. The van der Waals surface area contributed by atoms with Crippen LogP contribution in [0.5, 0.6) is 17.2 Å². The lowest BCUT2D eigenvalue weighted by Crippen LogP contribution is -2.35. The zero-order valence-electron chi connectivity index (χ0n) is 22.2. The van der Waals surface area contributed by atoms with Crippen molar-refractivity contribution in [1.29, 1.82) is 0 Å². The number of nitrogens with zero attached hydrogens (tertiary/aromatic N) is 3. The summed E-state index contributed by atoms with van der Waals surface area (Å²) < 4.78 is 17.5. The van der Waals surface area contributed by atoms with E-state index in [0.29, 0.717) is 41.4 Å². The standard InChI is InChI=1S/C31H28ClN3O5/c1-3-4-17-39-26-18-21(11-14-25(26)40-19-20-9-12-22(38-2)13-10-20)28(27-29(32)34-16-15-33-27)35-30(36)23-7-5-6-8-24(23)31(35)37/h5-16,18,28H,3-4,17,19H2,1-2H3. The van der Waals surface area contributed by atoms with Crippen molar-refractivity contribution in [2.24, 2.45) is 0 Å². The number of imide groups is 1. The second-order valence-corrected chi connectivity index (χ2v) is 9.56. The lowest BCUT2D eigenvalue weighted by molar-refractivity contribution is 0.0605. The molecule has 40 heavy (non-hydrogen) atoms. The highest BCUT2D eigenvalue weighted by Crippen LogP contribution is 2.40. The summed E-state index contributed by atoms with van der Waals surface area (Å²) >= 11 is 6.48. The smallest absolute Gasteiger partial charge is 0.262 e. The van der Waals surface area contributed by atoms with Crippen molar-refractivity contribution in [3.8, 4) is 17.2 Å². The van der Waals surface area contributed by atoms with E-state index in [4.69, 9.17) is 25.8 Å². The van der Waals surface area contributed by atoms with Gasteiger partial charge in [-0.25, -0.2) is 4.98 Å². The summed E-state index contributed by atoms with van der Waals surface area (Å²) in [6.07, 6.45) is 4.74. The van der Waals surface area contributed by atoms with Gasteiger partial charge < -0.3 is 14.2 Å². The number of ether oxygens (including phenoxy) is 3. The number of rotatable bonds is 11. The average Bonchev–Trinajstić information content (AvgIpc) is 3.23. The zero-order chi connectivity index (χ0) is 28.1. The number of benzene rings is 3. The predicted octanol–water partition coefficient (Wildman–Crippen LogP) is 6.28. The van der Waals surface area contributed by atoms with Crippen LogP contribution >= 0.6 is 11.6 Å². The maximum atomic E-state index is 13.5. The van der Waals surface area contributed by atoms with Crippen molar-refractivity contribution in [1.82, 2.24) is 14.9 Å². The van der Waals surface area contributed by atoms with Crippen molar-refractivity contribution in [2.45, 2.75) is 32.4 Å². The summed E-state index contributed by atoms with van der Waals surface area (Å²) in [5.41, 5.74) is 2.48. The number of halogens is 1. The van der Waals surface area contributed by atoms with Crippen LogP contribution in [0, 0.1) is 0 Å². The van der Waals surface area contributed by atoms with Gasteiger partial charge in [0.05, 0.1) is 24.8 Å². The second-order valence-electron chi connectivity index (χ2n) is 9.21. The highest BCUT2D eigenvalue weighted by molar-refractivity contribution is 6.30. The Morgan fingerprint density at radius 1 is 0.875 bits per heavy atom. The monoisotopic (exact) mass is 557 g/mol. The van der Waals surface area contributed by atoms with Gasteiger partial charge in [-0.3, -0.25) is 19.5 Å². The molecule has 2 heterocycles. The largest absolute Gasteiger partial charge is 0.497 e. The molecule has 1 aliphatic rings. The molecule has 3 aromatic carbocycles. The van der Waals surface area contributed by atoms with E-state index in [-0.39, 0.29) is 10.8 Å². The number of unbranched alkanes of at least 4 members (excludes halogenated alkanes) is 1. The molecule has 0 N–H and O–H groups in total. The summed E-state index contributed by atoms with van der Waals surface area (Å²) in [7, 11) is 1.62. The molecule has 5 rings (SSSR count). The first-order valence-corrected chi connectivity index (χ1v) is 13.4. The maximum Gasteiger partial charge on any atom is 0.262 e. The van der Waals surface area contributed by atoms with E-state index in [1.807, 2.05) is 24.3 Å². The number of hydrogen-bond donors (Lipinski definition) is 0. The Morgan fingerprint density at radius 3 is 2.23 bits per heavy atom. The Morgan fingerprint density at radius 2 is 1.57 bits per heavy atom. The van der Waals surface area contributed by atoms with Crippen molar-refractivity contribution >= 4 is 23.4 Å². The minimum Gasteiger partial charge on any atom is -0.497 e. The Bertz CT molecular complexity index is 1490. The van der Waals surface area contributed by atoms with Gasteiger partial charge in [0.2, 0.25) is 0 Å². The first kappa shape index (κ1) is 27.1. The first-order chi connectivity index (χ1) is 19.5. The van der Waals surface area contributed by atoms with Gasteiger partial charge in [0, 0.05) is 12.4 Å². The fourth-order valence-electron chi connectivity index (χ4n) is 4.52. The lowest BCUT2D eigenvalue weighted by atomic mass is 10.0. The number of carbonyl (C=O) groups is 2. The Balaban J connectivity index is 1.53. The van der Waals surface area contributed by atoms with Gasteiger partial charge in [-0.15, -0.1) is 0 Å². The molecule has 8 nitrogen and oxygen atoms in total. The quantitative estimate of drug-likeness (QED) is 0.158. The summed E-state index contributed by atoms with van der Waals surface area (Å²) in [6.45, 7) is 2.86. The fraction of sp³-hybridized carbons (Fsp3) is 0.226. The van der Waals surface area contributed by atoms with Gasteiger partial charge in [-0.2, -0.15) is 0 Å². The third-order valence-corrected chi connectivity index (χ3v) is 6.91. The van der Waals surface area contributed by atoms with Crippen molar-refractivity contribution < 1.29 is 23.8 Å². The average molecular weight is 558 g/mol. The molecule has 0 fully saturated rings. The van der Waals surface area contributed by atoms with Crippen LogP contribution in [0.15, 0.2) is 79.1 Å². The number of methoxy groups -OCH3 is 1. The van der Waals surface area contributed by atoms with E-state index < -0.39 is 17.9 Å². The molecule has 1 aliphatic heterocycles. The molecule has 4 aromatic rings. The van der Waals surface area contributed by atoms with Gasteiger partial charge in [-0.05, 0) is 53.9 Å². The van der Waals surface area contributed by atoms with E-state index >= 15 is 0 Å². The highest BCUT2D eigenvalue weighted by Gasteiger charge is 2.42. The normalized spacial score (nSPS) is 13.2. The van der Waals surface area contributed by atoms with Crippen molar-refractivity contribution in [3.05, 3.63) is 112 Å². The molecular weight excluding hydrogens is 530 g/mol. The van der Waals surface area contributed by atoms with E-state index in [1.165, 1.54) is 17.3 Å². The topological polar surface area (TPSA) is 90.9 Å². The molecule has 0 spiro atoms. The Labute approximate surface area is 237 Å².